The van der Waals surface area contributed by atoms with Crippen LogP contribution in [0.15, 0.2) is 48.5 Å². The standard InChI is InChI=1S/C19H21FN2O3S/c1-26(24,25)22(16-11-9-15(20)10-12-16)13-19(23)21-18-8-4-6-14-5-2-3-7-17(14)18/h2-3,5,7,9-12,18H,4,6,8,13H2,1H3,(H,21,23)/t18-/m0/s1. The number of anilines is 1. The lowest BCUT2D eigenvalue weighted by Gasteiger charge is -2.28. The molecule has 0 heterocycles. The summed E-state index contributed by atoms with van der Waals surface area (Å²) in [6, 6.07) is 12.9. The van der Waals surface area contributed by atoms with Crippen molar-refractivity contribution < 1.29 is 17.6 Å². The number of nitrogens with zero attached hydrogens (tertiary/aromatic N) is 1. The van der Waals surface area contributed by atoms with Crippen LogP contribution in [0.2, 0.25) is 0 Å². The van der Waals surface area contributed by atoms with Gasteiger partial charge in [0.2, 0.25) is 15.9 Å². The molecule has 1 N–H and O–H groups in total. The first-order chi connectivity index (χ1) is 12.3. The van der Waals surface area contributed by atoms with E-state index in [4.69, 9.17) is 0 Å². The van der Waals surface area contributed by atoms with Crippen molar-refractivity contribution in [3.63, 3.8) is 0 Å². The summed E-state index contributed by atoms with van der Waals surface area (Å²) in [5.74, 6) is -0.855. The molecule has 1 aliphatic carbocycles. The fraction of sp³-hybridized carbons (Fsp3) is 0.316. The van der Waals surface area contributed by atoms with E-state index in [0.29, 0.717) is 0 Å². The van der Waals surface area contributed by atoms with Crippen LogP contribution >= 0.6 is 0 Å². The molecule has 0 radical (unpaired) electrons. The van der Waals surface area contributed by atoms with E-state index in [0.717, 1.165) is 35.4 Å². The quantitative estimate of drug-likeness (QED) is 0.873. The zero-order valence-electron chi connectivity index (χ0n) is 14.5. The fourth-order valence-electron chi connectivity index (χ4n) is 3.28. The third-order valence-corrected chi connectivity index (χ3v) is 5.65. The Bertz CT molecular complexity index is 897. The Kier molecular flexibility index (Phi) is 5.27. The van der Waals surface area contributed by atoms with Crippen LogP contribution < -0.4 is 9.62 Å². The first-order valence-corrected chi connectivity index (χ1v) is 10.3. The Morgan fingerprint density at radius 1 is 1.19 bits per heavy atom. The molecule has 2 aromatic carbocycles. The van der Waals surface area contributed by atoms with Crippen molar-refractivity contribution in [3.8, 4) is 0 Å². The molecule has 0 saturated carbocycles. The van der Waals surface area contributed by atoms with E-state index in [-0.39, 0.29) is 24.2 Å². The largest absolute Gasteiger partial charge is 0.348 e. The van der Waals surface area contributed by atoms with E-state index in [9.17, 15) is 17.6 Å². The molecule has 0 saturated heterocycles. The van der Waals surface area contributed by atoms with E-state index in [2.05, 4.69) is 11.4 Å². The van der Waals surface area contributed by atoms with E-state index >= 15 is 0 Å². The second-order valence-corrected chi connectivity index (χ2v) is 8.36. The van der Waals surface area contributed by atoms with Gasteiger partial charge in [-0.1, -0.05) is 24.3 Å². The molecular formula is C19H21FN2O3S. The summed E-state index contributed by atoms with van der Waals surface area (Å²) in [7, 11) is -3.68. The molecule has 7 heteroatoms. The SMILES string of the molecule is CS(=O)(=O)N(CC(=O)N[C@H]1CCCc2ccccc21)c1ccc(F)cc1. The number of benzene rings is 2. The number of nitrogens with one attached hydrogen (secondary N) is 1. The van der Waals surface area contributed by atoms with Crippen LogP contribution in [-0.2, 0) is 21.2 Å². The Labute approximate surface area is 152 Å². The van der Waals surface area contributed by atoms with E-state index < -0.39 is 15.8 Å². The molecule has 0 bridgehead atoms. The first kappa shape index (κ1) is 18.4. The lowest BCUT2D eigenvalue weighted by molar-refractivity contribution is -0.120. The molecule has 0 aromatic heterocycles. The van der Waals surface area contributed by atoms with Gasteiger partial charge in [0, 0.05) is 0 Å². The van der Waals surface area contributed by atoms with Crippen LogP contribution in [-0.4, -0.2) is 27.1 Å². The molecule has 1 aliphatic rings. The lowest BCUT2D eigenvalue weighted by Crippen LogP contribution is -2.42. The van der Waals surface area contributed by atoms with Crippen LogP contribution in [0.1, 0.15) is 30.0 Å². The Morgan fingerprint density at radius 3 is 2.58 bits per heavy atom. The van der Waals surface area contributed by atoms with Gasteiger partial charge in [-0.05, 0) is 54.7 Å². The number of carbonyl (C=O) groups is 1. The Balaban J connectivity index is 1.76. The van der Waals surface area contributed by atoms with Crippen LogP contribution in [0.25, 0.3) is 0 Å². The van der Waals surface area contributed by atoms with Gasteiger partial charge in [-0.3, -0.25) is 9.10 Å². The zero-order chi connectivity index (χ0) is 18.7. The van der Waals surface area contributed by atoms with Gasteiger partial charge in [0.15, 0.2) is 0 Å². The summed E-state index contributed by atoms with van der Waals surface area (Å²) in [5, 5.41) is 2.94. The van der Waals surface area contributed by atoms with Crippen molar-refractivity contribution in [2.24, 2.45) is 0 Å². The van der Waals surface area contributed by atoms with Gasteiger partial charge in [-0.25, -0.2) is 12.8 Å². The monoisotopic (exact) mass is 376 g/mol. The number of halogens is 1. The summed E-state index contributed by atoms with van der Waals surface area (Å²) in [6.45, 7) is -0.344. The zero-order valence-corrected chi connectivity index (χ0v) is 15.3. The third-order valence-electron chi connectivity index (χ3n) is 4.51. The van der Waals surface area contributed by atoms with Gasteiger partial charge in [0.05, 0.1) is 18.0 Å². The average Bonchev–Trinajstić information content (AvgIpc) is 2.60. The molecule has 5 nitrogen and oxygen atoms in total. The average molecular weight is 376 g/mol. The summed E-state index contributed by atoms with van der Waals surface area (Å²) >= 11 is 0. The number of rotatable bonds is 5. The number of amides is 1. The van der Waals surface area contributed by atoms with E-state index in [1.807, 2.05) is 18.2 Å². The molecule has 138 valence electrons. The maximum atomic E-state index is 13.1. The molecule has 3 rings (SSSR count). The molecule has 1 amide bonds. The van der Waals surface area contributed by atoms with Gasteiger partial charge >= 0.3 is 0 Å². The maximum absolute atomic E-state index is 13.1. The molecule has 2 aromatic rings. The topological polar surface area (TPSA) is 66.5 Å². The Morgan fingerprint density at radius 2 is 1.88 bits per heavy atom. The van der Waals surface area contributed by atoms with Crippen LogP contribution in [0.4, 0.5) is 10.1 Å². The normalized spacial score (nSPS) is 16.6. The van der Waals surface area contributed by atoms with Gasteiger partial charge in [-0.15, -0.1) is 0 Å². The van der Waals surface area contributed by atoms with Crippen LogP contribution in [0.3, 0.4) is 0 Å². The van der Waals surface area contributed by atoms with Gasteiger partial charge in [0.25, 0.3) is 0 Å². The highest BCUT2D eigenvalue weighted by molar-refractivity contribution is 7.92. The Hall–Kier alpha value is -2.41. The summed E-state index contributed by atoms with van der Waals surface area (Å²) in [4.78, 5) is 12.5. The minimum atomic E-state index is -3.68. The second kappa shape index (κ2) is 7.45. The highest BCUT2D eigenvalue weighted by Crippen LogP contribution is 2.29. The van der Waals surface area contributed by atoms with Crippen molar-refractivity contribution in [2.75, 3.05) is 17.1 Å². The number of fused-ring (bicyclic) bond motifs is 1. The van der Waals surface area contributed by atoms with Gasteiger partial charge in [-0.2, -0.15) is 0 Å². The number of carbonyl (C=O) groups excluding carboxylic acids is 1. The maximum Gasteiger partial charge on any atom is 0.241 e. The molecule has 26 heavy (non-hydrogen) atoms. The van der Waals surface area contributed by atoms with Gasteiger partial charge in [0.1, 0.15) is 12.4 Å². The number of sulfonamides is 1. The fourth-order valence-corrected chi connectivity index (χ4v) is 4.14. The minimum Gasteiger partial charge on any atom is -0.348 e. The summed E-state index contributed by atoms with van der Waals surface area (Å²) in [5.41, 5.74) is 2.55. The van der Waals surface area contributed by atoms with Crippen molar-refractivity contribution in [1.29, 1.82) is 0 Å². The predicted octanol–water partition coefficient (Wildman–Crippen LogP) is 2.79. The molecular weight excluding hydrogens is 355 g/mol. The molecule has 0 fully saturated rings. The molecule has 1 atom stereocenters. The number of aryl methyl sites for hydroxylation is 1. The van der Waals surface area contributed by atoms with E-state index in [1.54, 1.807) is 0 Å². The lowest BCUT2D eigenvalue weighted by atomic mass is 9.88. The van der Waals surface area contributed by atoms with Crippen molar-refractivity contribution in [3.05, 3.63) is 65.5 Å². The highest BCUT2D eigenvalue weighted by Gasteiger charge is 2.25. The molecule has 0 aliphatic heterocycles. The summed E-state index contributed by atoms with van der Waals surface area (Å²) in [6.07, 6.45) is 3.79. The summed E-state index contributed by atoms with van der Waals surface area (Å²) < 4.78 is 38.3. The number of hydrogen-bond acceptors (Lipinski definition) is 3. The second-order valence-electron chi connectivity index (χ2n) is 6.46. The highest BCUT2D eigenvalue weighted by atomic mass is 32.2. The van der Waals surface area contributed by atoms with Crippen molar-refractivity contribution >= 4 is 21.6 Å². The minimum absolute atomic E-state index is 0.123. The number of hydrogen-bond donors (Lipinski definition) is 1. The smallest absolute Gasteiger partial charge is 0.241 e. The first-order valence-electron chi connectivity index (χ1n) is 8.45. The van der Waals surface area contributed by atoms with Crippen molar-refractivity contribution in [2.45, 2.75) is 25.3 Å². The molecule has 0 spiro atoms. The van der Waals surface area contributed by atoms with Crippen LogP contribution in [0.5, 0.6) is 0 Å². The molecule has 0 unspecified atom stereocenters. The van der Waals surface area contributed by atoms with Crippen molar-refractivity contribution in [1.82, 2.24) is 5.32 Å². The predicted molar refractivity (Wildman–Crippen MR) is 98.9 cm³/mol. The van der Waals surface area contributed by atoms with Gasteiger partial charge < -0.3 is 5.32 Å². The van der Waals surface area contributed by atoms with E-state index in [1.165, 1.54) is 29.8 Å². The third kappa shape index (κ3) is 4.22. The van der Waals surface area contributed by atoms with Crippen LogP contribution in [0, 0.1) is 5.82 Å².